The molecule has 0 unspecified atom stereocenters. The minimum absolute atomic E-state index is 0.00927. The minimum Gasteiger partial charge on any atom is -0.309 e. The van der Waals surface area contributed by atoms with Gasteiger partial charge in [-0.15, -0.1) is 6.58 Å². The van der Waals surface area contributed by atoms with Crippen LogP contribution in [-0.4, -0.2) is 30.6 Å². The second-order valence-corrected chi connectivity index (χ2v) is 5.22. The van der Waals surface area contributed by atoms with Crippen molar-refractivity contribution < 1.29 is 4.79 Å². The summed E-state index contributed by atoms with van der Waals surface area (Å²) in [6.45, 7) is 5.50. The third-order valence-corrected chi connectivity index (χ3v) is 3.81. The maximum Gasteiger partial charge on any atom is 0.329 e. The van der Waals surface area contributed by atoms with Gasteiger partial charge in [0, 0.05) is 13.6 Å². The first-order valence-electron chi connectivity index (χ1n) is 5.88. The smallest absolute Gasteiger partial charge is 0.309 e. The summed E-state index contributed by atoms with van der Waals surface area (Å²) in [4.78, 5) is 41.2. The van der Waals surface area contributed by atoms with Crippen LogP contribution in [0.15, 0.2) is 27.4 Å². The Bertz CT molecular complexity index is 799. The summed E-state index contributed by atoms with van der Waals surface area (Å²) in [5.41, 5.74) is -0.411. The molecule has 2 rings (SSSR count). The van der Waals surface area contributed by atoms with E-state index in [0.717, 1.165) is 0 Å². The Labute approximate surface area is 118 Å². The molecule has 2 aromatic rings. The molecule has 1 N–H and O–H groups in total. The predicted molar refractivity (Wildman–Crippen MR) is 77.2 cm³/mol. The standard InChI is InChI=1S/C12H14N4O3S/c1-4-5-16-8-9(13-12(16)20-6-7(2)17)15(3)11(19)14-10(8)18/h4H,1,5-6H2,2-3H3,(H,14,18,19). The second-order valence-electron chi connectivity index (χ2n) is 4.27. The first-order chi connectivity index (χ1) is 9.45. The van der Waals surface area contributed by atoms with Gasteiger partial charge in [-0.05, 0) is 6.92 Å². The van der Waals surface area contributed by atoms with Crippen molar-refractivity contribution in [2.45, 2.75) is 18.6 Å². The highest BCUT2D eigenvalue weighted by Crippen LogP contribution is 2.21. The van der Waals surface area contributed by atoms with Crippen LogP contribution in [0, 0.1) is 0 Å². The van der Waals surface area contributed by atoms with E-state index in [1.807, 2.05) is 0 Å². The largest absolute Gasteiger partial charge is 0.329 e. The Kier molecular flexibility index (Phi) is 3.93. The fourth-order valence-electron chi connectivity index (χ4n) is 1.79. The van der Waals surface area contributed by atoms with Crippen LogP contribution in [0.1, 0.15) is 6.92 Å². The van der Waals surface area contributed by atoms with Crippen LogP contribution in [0.4, 0.5) is 0 Å². The van der Waals surface area contributed by atoms with Crippen LogP contribution in [0.3, 0.4) is 0 Å². The zero-order valence-electron chi connectivity index (χ0n) is 11.2. The summed E-state index contributed by atoms with van der Waals surface area (Å²) in [6, 6.07) is 0. The lowest BCUT2D eigenvalue weighted by Gasteiger charge is -2.04. The van der Waals surface area contributed by atoms with Crippen LogP contribution in [0.2, 0.25) is 0 Å². The molecule has 0 saturated carbocycles. The molecule has 2 heterocycles. The van der Waals surface area contributed by atoms with Crippen molar-refractivity contribution in [2.24, 2.45) is 7.05 Å². The van der Waals surface area contributed by atoms with E-state index < -0.39 is 11.2 Å². The van der Waals surface area contributed by atoms with Gasteiger partial charge in [-0.3, -0.25) is 19.1 Å². The number of ketones is 1. The lowest BCUT2D eigenvalue weighted by Crippen LogP contribution is -2.29. The number of H-pyrrole nitrogens is 1. The monoisotopic (exact) mass is 294 g/mol. The van der Waals surface area contributed by atoms with E-state index in [2.05, 4.69) is 16.5 Å². The molecule has 0 radical (unpaired) electrons. The van der Waals surface area contributed by atoms with Crippen LogP contribution in [0.25, 0.3) is 11.2 Å². The number of aryl methyl sites for hydroxylation is 1. The molecule has 0 atom stereocenters. The molecule has 0 aliphatic heterocycles. The summed E-state index contributed by atoms with van der Waals surface area (Å²) < 4.78 is 2.92. The van der Waals surface area contributed by atoms with E-state index in [1.54, 1.807) is 10.6 Å². The van der Waals surface area contributed by atoms with Crippen LogP contribution in [-0.2, 0) is 18.4 Å². The number of Topliss-reactive ketones (excluding diaryl/α,β-unsaturated/α-hetero) is 1. The highest BCUT2D eigenvalue weighted by Gasteiger charge is 2.17. The molecule has 0 bridgehead atoms. The zero-order chi connectivity index (χ0) is 14.9. The number of fused-ring (bicyclic) bond motifs is 1. The topological polar surface area (TPSA) is 89.8 Å². The van der Waals surface area contributed by atoms with Gasteiger partial charge < -0.3 is 4.57 Å². The number of aromatic nitrogens is 4. The van der Waals surface area contributed by atoms with Gasteiger partial charge in [0.2, 0.25) is 0 Å². The Morgan fingerprint density at radius 2 is 2.20 bits per heavy atom. The molecule has 0 aliphatic rings. The van der Waals surface area contributed by atoms with Crippen LogP contribution in [0.5, 0.6) is 0 Å². The van der Waals surface area contributed by atoms with Crippen molar-refractivity contribution in [1.29, 1.82) is 0 Å². The molecule has 0 amide bonds. The van der Waals surface area contributed by atoms with Crippen molar-refractivity contribution in [2.75, 3.05) is 5.75 Å². The summed E-state index contributed by atoms with van der Waals surface area (Å²) in [6.07, 6.45) is 1.63. The van der Waals surface area contributed by atoms with E-state index in [0.29, 0.717) is 22.9 Å². The maximum absolute atomic E-state index is 12.0. The van der Waals surface area contributed by atoms with E-state index in [4.69, 9.17) is 0 Å². The number of thioether (sulfide) groups is 1. The molecule has 0 saturated heterocycles. The number of carbonyl (C=O) groups is 1. The average Bonchev–Trinajstić information content (AvgIpc) is 2.74. The molecule has 20 heavy (non-hydrogen) atoms. The van der Waals surface area contributed by atoms with Crippen molar-refractivity contribution in [3.8, 4) is 0 Å². The van der Waals surface area contributed by atoms with E-state index in [9.17, 15) is 14.4 Å². The van der Waals surface area contributed by atoms with Crippen molar-refractivity contribution in [1.82, 2.24) is 19.1 Å². The number of nitrogens with one attached hydrogen (secondary N) is 1. The van der Waals surface area contributed by atoms with Gasteiger partial charge in [0.25, 0.3) is 5.56 Å². The summed E-state index contributed by atoms with van der Waals surface area (Å²) in [5, 5.41) is 0.516. The van der Waals surface area contributed by atoms with Gasteiger partial charge in [0.1, 0.15) is 5.78 Å². The fraction of sp³-hybridized carbons (Fsp3) is 0.333. The van der Waals surface area contributed by atoms with Gasteiger partial charge in [0.05, 0.1) is 5.75 Å². The minimum atomic E-state index is -0.520. The highest BCUT2D eigenvalue weighted by molar-refractivity contribution is 7.99. The molecule has 0 spiro atoms. The first kappa shape index (κ1) is 14.3. The highest BCUT2D eigenvalue weighted by atomic mass is 32.2. The van der Waals surface area contributed by atoms with E-state index in [-0.39, 0.29) is 11.5 Å². The zero-order valence-corrected chi connectivity index (χ0v) is 12.0. The van der Waals surface area contributed by atoms with E-state index in [1.165, 1.54) is 30.3 Å². The van der Waals surface area contributed by atoms with Crippen molar-refractivity contribution in [3.63, 3.8) is 0 Å². The predicted octanol–water partition coefficient (Wildman–Crippen LogP) is 0.290. The molecule has 8 heteroatoms. The molecule has 0 aromatic carbocycles. The summed E-state index contributed by atoms with van der Waals surface area (Å²) in [7, 11) is 1.53. The fourth-order valence-corrected chi connectivity index (χ4v) is 2.59. The molecule has 106 valence electrons. The maximum atomic E-state index is 12.0. The number of hydrogen-bond donors (Lipinski definition) is 1. The SMILES string of the molecule is C=CCn1c(SCC(C)=O)nc2c1c(=O)[nH]c(=O)n2C. The van der Waals surface area contributed by atoms with Crippen LogP contribution < -0.4 is 11.2 Å². The molecule has 0 fully saturated rings. The number of rotatable bonds is 5. The van der Waals surface area contributed by atoms with Crippen molar-refractivity contribution >= 4 is 28.7 Å². The number of allylic oxidation sites excluding steroid dienone is 1. The van der Waals surface area contributed by atoms with E-state index >= 15 is 0 Å². The van der Waals surface area contributed by atoms with Gasteiger partial charge in [0.15, 0.2) is 16.3 Å². The van der Waals surface area contributed by atoms with Crippen molar-refractivity contribution in [3.05, 3.63) is 33.5 Å². The number of aromatic amines is 1. The number of carbonyl (C=O) groups excluding carboxylic acids is 1. The number of nitrogens with zero attached hydrogens (tertiary/aromatic N) is 3. The summed E-state index contributed by atoms with van der Waals surface area (Å²) in [5.74, 6) is 0.266. The molecule has 7 nitrogen and oxygen atoms in total. The van der Waals surface area contributed by atoms with Gasteiger partial charge in [-0.2, -0.15) is 0 Å². The second kappa shape index (κ2) is 5.49. The lowest BCUT2D eigenvalue weighted by atomic mass is 10.5. The molecule has 2 aromatic heterocycles. The average molecular weight is 294 g/mol. The Balaban J connectivity index is 2.72. The van der Waals surface area contributed by atoms with Gasteiger partial charge >= 0.3 is 5.69 Å². The first-order valence-corrected chi connectivity index (χ1v) is 6.87. The molecular weight excluding hydrogens is 280 g/mol. The Morgan fingerprint density at radius 3 is 2.80 bits per heavy atom. The Hall–Kier alpha value is -2.09. The van der Waals surface area contributed by atoms with Gasteiger partial charge in [-0.25, -0.2) is 9.78 Å². The molecular formula is C12H14N4O3S. The van der Waals surface area contributed by atoms with Crippen LogP contribution >= 0.6 is 11.8 Å². The number of hydrogen-bond acceptors (Lipinski definition) is 5. The lowest BCUT2D eigenvalue weighted by molar-refractivity contribution is -0.114. The summed E-state index contributed by atoms with van der Waals surface area (Å²) >= 11 is 1.23. The van der Waals surface area contributed by atoms with Gasteiger partial charge in [-0.1, -0.05) is 17.8 Å². The normalized spacial score (nSPS) is 10.9. The third-order valence-electron chi connectivity index (χ3n) is 2.69. The quantitative estimate of drug-likeness (QED) is 0.632. The number of imidazole rings is 1. The molecule has 0 aliphatic carbocycles. The Morgan fingerprint density at radius 1 is 1.50 bits per heavy atom. The third kappa shape index (κ3) is 2.46.